The van der Waals surface area contributed by atoms with Gasteiger partial charge in [0.2, 0.25) is 0 Å². The van der Waals surface area contributed by atoms with E-state index in [0.717, 1.165) is 18.4 Å². The molecule has 1 aliphatic carbocycles. The summed E-state index contributed by atoms with van der Waals surface area (Å²) in [5.74, 6) is 0.451. The molecule has 0 aliphatic heterocycles. The van der Waals surface area contributed by atoms with E-state index in [-0.39, 0.29) is 17.8 Å². The Kier molecular flexibility index (Phi) is 4.56. The number of amides is 1. The van der Waals surface area contributed by atoms with E-state index in [4.69, 9.17) is 4.74 Å². The first-order chi connectivity index (χ1) is 11.5. The van der Waals surface area contributed by atoms with Crippen molar-refractivity contribution in [2.75, 3.05) is 0 Å². The van der Waals surface area contributed by atoms with Crippen LogP contribution in [0.15, 0.2) is 54.6 Å². The van der Waals surface area contributed by atoms with Crippen molar-refractivity contribution in [1.29, 1.82) is 0 Å². The second-order valence-electron chi connectivity index (χ2n) is 6.77. The van der Waals surface area contributed by atoms with E-state index in [1.807, 2.05) is 30.3 Å². The van der Waals surface area contributed by atoms with Crippen molar-refractivity contribution in [2.24, 2.45) is 5.92 Å². The van der Waals surface area contributed by atoms with Crippen molar-refractivity contribution in [3.05, 3.63) is 66.0 Å². The molecule has 24 heavy (non-hydrogen) atoms. The second kappa shape index (κ2) is 6.63. The highest BCUT2D eigenvalue weighted by atomic mass is 19.1. The summed E-state index contributed by atoms with van der Waals surface area (Å²) in [7, 11) is 0. The van der Waals surface area contributed by atoms with Gasteiger partial charge in [-0.1, -0.05) is 30.3 Å². The van der Waals surface area contributed by atoms with Gasteiger partial charge in [-0.2, -0.15) is 0 Å². The number of nitrogens with one attached hydrogen (secondary N) is 1. The first kappa shape index (κ1) is 16.5. The third kappa shape index (κ3) is 3.94. The number of carbonyl (C=O) groups excluding carboxylic acids is 1. The molecule has 0 saturated heterocycles. The molecular formula is C20H22FNO2. The Balaban J connectivity index is 1.70. The van der Waals surface area contributed by atoms with Crippen LogP contribution in [0.1, 0.15) is 38.3 Å². The predicted molar refractivity (Wildman–Crippen MR) is 91.2 cm³/mol. The quantitative estimate of drug-likeness (QED) is 0.861. The van der Waals surface area contributed by atoms with E-state index in [0.29, 0.717) is 11.7 Å². The normalized spacial score (nSPS) is 15.6. The lowest BCUT2D eigenvalue weighted by atomic mass is 10.0. The molecule has 0 aromatic heterocycles. The van der Waals surface area contributed by atoms with Gasteiger partial charge in [0.15, 0.2) is 5.60 Å². The van der Waals surface area contributed by atoms with Gasteiger partial charge in [-0.05, 0) is 62.4 Å². The van der Waals surface area contributed by atoms with Crippen molar-refractivity contribution in [1.82, 2.24) is 5.32 Å². The molecule has 1 amide bonds. The predicted octanol–water partition coefficient (Wildman–Crippen LogP) is 4.25. The number of hydrogen-bond donors (Lipinski definition) is 1. The van der Waals surface area contributed by atoms with E-state index in [9.17, 15) is 9.18 Å². The second-order valence-corrected chi connectivity index (χ2v) is 6.77. The zero-order valence-electron chi connectivity index (χ0n) is 14.0. The van der Waals surface area contributed by atoms with E-state index in [1.165, 1.54) is 24.3 Å². The minimum absolute atomic E-state index is 0.00907. The Morgan fingerprint density at radius 1 is 1.12 bits per heavy atom. The Bertz CT molecular complexity index is 693. The molecule has 0 bridgehead atoms. The summed E-state index contributed by atoms with van der Waals surface area (Å²) in [6, 6.07) is 15.7. The van der Waals surface area contributed by atoms with E-state index in [2.05, 4.69) is 5.32 Å². The third-order valence-electron chi connectivity index (χ3n) is 4.27. The number of halogens is 1. The highest BCUT2D eigenvalue weighted by Gasteiger charge is 2.37. The summed E-state index contributed by atoms with van der Waals surface area (Å²) < 4.78 is 18.8. The fourth-order valence-corrected chi connectivity index (χ4v) is 2.72. The molecule has 1 saturated carbocycles. The average Bonchev–Trinajstić information content (AvgIpc) is 3.40. The lowest BCUT2D eigenvalue weighted by molar-refractivity contribution is -0.135. The molecule has 0 radical (unpaired) electrons. The minimum Gasteiger partial charge on any atom is -0.478 e. The number of ether oxygens (including phenoxy) is 1. The van der Waals surface area contributed by atoms with Crippen LogP contribution in [0.3, 0.4) is 0 Å². The summed E-state index contributed by atoms with van der Waals surface area (Å²) in [4.78, 5) is 12.7. The topological polar surface area (TPSA) is 38.3 Å². The standard InChI is InChI=1S/C20H22FNO2/c1-20(2,24-17-12-10-16(21)11-13-17)19(23)22-18(15-8-9-15)14-6-4-3-5-7-14/h3-7,10-13,15,18H,8-9H2,1-2H3,(H,22,23). The van der Waals surface area contributed by atoms with Crippen molar-refractivity contribution < 1.29 is 13.9 Å². The third-order valence-corrected chi connectivity index (χ3v) is 4.27. The van der Waals surface area contributed by atoms with Crippen molar-refractivity contribution in [3.8, 4) is 5.75 Å². The summed E-state index contributed by atoms with van der Waals surface area (Å²) in [6.07, 6.45) is 2.25. The van der Waals surface area contributed by atoms with Crippen LogP contribution in [0, 0.1) is 11.7 Å². The number of benzene rings is 2. The van der Waals surface area contributed by atoms with Crippen LogP contribution in [0.4, 0.5) is 4.39 Å². The van der Waals surface area contributed by atoms with Crippen LogP contribution in [0.5, 0.6) is 5.75 Å². The van der Waals surface area contributed by atoms with Gasteiger partial charge in [-0.3, -0.25) is 4.79 Å². The van der Waals surface area contributed by atoms with Crippen LogP contribution >= 0.6 is 0 Å². The number of rotatable bonds is 6. The molecule has 1 fully saturated rings. The minimum atomic E-state index is -1.04. The maximum Gasteiger partial charge on any atom is 0.264 e. The summed E-state index contributed by atoms with van der Waals surface area (Å²) in [5.41, 5.74) is 0.0747. The molecule has 1 N–H and O–H groups in total. The summed E-state index contributed by atoms with van der Waals surface area (Å²) in [6.45, 7) is 3.45. The monoisotopic (exact) mass is 327 g/mol. The molecule has 2 aromatic rings. The van der Waals surface area contributed by atoms with Crippen LogP contribution in [-0.4, -0.2) is 11.5 Å². The van der Waals surface area contributed by atoms with E-state index >= 15 is 0 Å². The molecule has 0 spiro atoms. The van der Waals surface area contributed by atoms with Crippen LogP contribution in [0.25, 0.3) is 0 Å². The SMILES string of the molecule is CC(C)(Oc1ccc(F)cc1)C(=O)NC(c1ccccc1)C1CC1. The molecule has 1 atom stereocenters. The lowest BCUT2D eigenvalue weighted by Gasteiger charge is -2.28. The Labute approximate surface area is 141 Å². The summed E-state index contributed by atoms with van der Waals surface area (Å²) in [5, 5.41) is 3.13. The highest BCUT2D eigenvalue weighted by molar-refractivity contribution is 5.85. The van der Waals surface area contributed by atoms with Gasteiger partial charge in [0.05, 0.1) is 6.04 Å². The van der Waals surface area contributed by atoms with Gasteiger partial charge in [0.25, 0.3) is 5.91 Å². The molecule has 1 aliphatic rings. The van der Waals surface area contributed by atoms with Gasteiger partial charge in [0.1, 0.15) is 11.6 Å². The van der Waals surface area contributed by atoms with Gasteiger partial charge >= 0.3 is 0 Å². The molecule has 0 heterocycles. The van der Waals surface area contributed by atoms with E-state index < -0.39 is 5.60 Å². The highest BCUT2D eigenvalue weighted by Crippen LogP contribution is 2.41. The van der Waals surface area contributed by atoms with Crippen molar-refractivity contribution in [3.63, 3.8) is 0 Å². The Hall–Kier alpha value is -2.36. The zero-order chi connectivity index (χ0) is 17.2. The summed E-state index contributed by atoms with van der Waals surface area (Å²) >= 11 is 0. The fraction of sp³-hybridized carbons (Fsp3) is 0.350. The molecule has 3 nitrogen and oxygen atoms in total. The molecule has 3 rings (SSSR count). The van der Waals surface area contributed by atoms with Gasteiger partial charge in [-0.25, -0.2) is 4.39 Å². The molecular weight excluding hydrogens is 305 g/mol. The maximum absolute atomic E-state index is 13.0. The largest absolute Gasteiger partial charge is 0.478 e. The first-order valence-electron chi connectivity index (χ1n) is 8.26. The molecule has 1 unspecified atom stereocenters. The molecule has 2 aromatic carbocycles. The van der Waals surface area contributed by atoms with Crippen molar-refractivity contribution in [2.45, 2.75) is 38.3 Å². The maximum atomic E-state index is 13.0. The smallest absolute Gasteiger partial charge is 0.264 e. The Morgan fingerprint density at radius 3 is 2.33 bits per heavy atom. The first-order valence-corrected chi connectivity index (χ1v) is 8.26. The van der Waals surface area contributed by atoms with Crippen LogP contribution < -0.4 is 10.1 Å². The Morgan fingerprint density at radius 2 is 1.75 bits per heavy atom. The zero-order valence-corrected chi connectivity index (χ0v) is 14.0. The average molecular weight is 327 g/mol. The molecule has 126 valence electrons. The van der Waals surface area contributed by atoms with Crippen LogP contribution in [0.2, 0.25) is 0 Å². The van der Waals surface area contributed by atoms with Gasteiger partial charge in [0, 0.05) is 0 Å². The van der Waals surface area contributed by atoms with Gasteiger partial charge < -0.3 is 10.1 Å². The molecule has 4 heteroatoms. The van der Waals surface area contributed by atoms with Gasteiger partial charge in [-0.15, -0.1) is 0 Å². The van der Waals surface area contributed by atoms with E-state index in [1.54, 1.807) is 13.8 Å². The number of hydrogen-bond acceptors (Lipinski definition) is 2. The van der Waals surface area contributed by atoms with Crippen molar-refractivity contribution >= 4 is 5.91 Å². The van der Waals surface area contributed by atoms with Crippen LogP contribution in [-0.2, 0) is 4.79 Å². The lowest BCUT2D eigenvalue weighted by Crippen LogP contribution is -2.48. The fourth-order valence-electron chi connectivity index (χ4n) is 2.72. The number of carbonyl (C=O) groups is 1.